The molecule has 0 fully saturated rings. The first-order chi connectivity index (χ1) is 12.7. The van der Waals surface area contributed by atoms with Gasteiger partial charge in [0.25, 0.3) is 0 Å². The molecule has 4 aromatic rings. The number of alkyl halides is 3. The topological polar surface area (TPSA) is 49.1 Å². The number of ether oxygens (including phenoxy) is 1. The molecule has 0 radical (unpaired) electrons. The van der Waals surface area contributed by atoms with Gasteiger partial charge in [0, 0.05) is 16.8 Å². The summed E-state index contributed by atoms with van der Waals surface area (Å²) in [6, 6.07) is 5.00. The Balaban J connectivity index is 0.00000225. The molecule has 8 heteroatoms. The molecule has 0 aliphatic rings. The number of pyridine rings is 1. The zero-order valence-electron chi connectivity index (χ0n) is 15.4. The van der Waals surface area contributed by atoms with Gasteiger partial charge in [-0.25, -0.2) is 4.57 Å². The molecule has 0 amide bonds. The van der Waals surface area contributed by atoms with Crippen LogP contribution in [0.5, 0.6) is 11.5 Å². The predicted molar refractivity (Wildman–Crippen MR) is 97.2 cm³/mol. The van der Waals surface area contributed by atoms with Crippen LogP contribution in [0.4, 0.5) is 13.2 Å². The number of nitrogens with zero attached hydrogens (tertiary/aromatic N) is 1. The molecular weight excluding hydrogens is 484 g/mol. The Hall–Kier alpha value is -2.23. The Morgan fingerprint density at radius 2 is 1.79 bits per heavy atom. The smallest absolute Gasteiger partial charge is 0.422 e. The number of hydrogen-bond donors (Lipinski definition) is 2. The van der Waals surface area contributed by atoms with E-state index in [1.165, 1.54) is 6.07 Å². The number of fused-ring (bicyclic) bond motifs is 4. The van der Waals surface area contributed by atoms with Crippen molar-refractivity contribution in [2.24, 2.45) is 7.05 Å². The molecule has 0 saturated carbocycles. The minimum atomic E-state index is -4.49. The first kappa shape index (κ1) is 20.5. The van der Waals surface area contributed by atoms with E-state index >= 15 is 0 Å². The van der Waals surface area contributed by atoms with Gasteiger partial charge < -0.3 is 38.8 Å². The molecule has 0 bridgehead atoms. The quantitative estimate of drug-likeness (QED) is 0.323. The number of phenolic OH excluding ortho intramolecular Hbond substituents is 1. The Morgan fingerprint density at radius 1 is 1.07 bits per heavy atom. The van der Waals surface area contributed by atoms with Crippen molar-refractivity contribution in [3.8, 4) is 11.5 Å². The van der Waals surface area contributed by atoms with Gasteiger partial charge in [-0.15, -0.1) is 0 Å². The van der Waals surface area contributed by atoms with E-state index in [-0.39, 0.29) is 35.5 Å². The number of aryl methyl sites for hydroxylation is 3. The van der Waals surface area contributed by atoms with Crippen molar-refractivity contribution in [1.29, 1.82) is 0 Å². The minimum Gasteiger partial charge on any atom is -1.00 e. The first-order valence-corrected chi connectivity index (χ1v) is 8.42. The number of phenols is 1. The van der Waals surface area contributed by atoms with E-state index in [0.29, 0.717) is 10.9 Å². The molecule has 0 saturated heterocycles. The number of hydrogen-bond acceptors (Lipinski definition) is 2. The van der Waals surface area contributed by atoms with Crippen LogP contribution in [0.15, 0.2) is 30.6 Å². The molecule has 4 nitrogen and oxygen atoms in total. The summed E-state index contributed by atoms with van der Waals surface area (Å²) in [6.45, 7) is 2.43. The SMILES string of the molecule is Cc1c2cc[n+](C)cc2c(C)c2c1[nH]c1ccc(O)c(OCC(F)(F)F)c12.[I-]. The average molecular weight is 502 g/mol. The van der Waals surface area contributed by atoms with Crippen LogP contribution in [0, 0.1) is 13.8 Å². The zero-order valence-corrected chi connectivity index (χ0v) is 17.6. The highest BCUT2D eigenvalue weighted by Crippen LogP contribution is 2.43. The molecule has 148 valence electrons. The Labute approximate surface area is 175 Å². The number of H-pyrrole nitrogens is 1. The van der Waals surface area contributed by atoms with Crippen molar-refractivity contribution in [1.82, 2.24) is 4.98 Å². The van der Waals surface area contributed by atoms with Crippen LogP contribution in [0.3, 0.4) is 0 Å². The normalized spacial score (nSPS) is 11.9. The fourth-order valence-electron chi connectivity index (χ4n) is 3.70. The van der Waals surface area contributed by atoms with Crippen LogP contribution in [0.25, 0.3) is 32.6 Å². The van der Waals surface area contributed by atoms with Crippen molar-refractivity contribution < 1.29 is 51.6 Å². The van der Waals surface area contributed by atoms with Crippen LogP contribution in [0.1, 0.15) is 11.1 Å². The van der Waals surface area contributed by atoms with Crippen LogP contribution in [-0.2, 0) is 7.05 Å². The average Bonchev–Trinajstić information content (AvgIpc) is 2.98. The maximum atomic E-state index is 12.7. The van der Waals surface area contributed by atoms with E-state index in [1.807, 2.05) is 43.9 Å². The molecule has 2 N–H and O–H groups in total. The second-order valence-electron chi connectivity index (χ2n) is 6.80. The molecule has 0 unspecified atom stereocenters. The molecule has 2 aromatic carbocycles. The van der Waals surface area contributed by atoms with E-state index in [4.69, 9.17) is 4.74 Å². The van der Waals surface area contributed by atoms with Gasteiger partial charge in [-0.2, -0.15) is 13.2 Å². The van der Waals surface area contributed by atoms with Gasteiger partial charge in [0.2, 0.25) is 0 Å². The standard InChI is InChI=1S/C20H17F3N2O2.HI/c1-10-13-8-25(3)7-6-12(13)11(2)18-16(10)17-14(24-18)4-5-15(26)19(17)27-9-20(21,22)23;/h4-8,26H,9H2,1-3H3;1H. The highest BCUT2D eigenvalue weighted by atomic mass is 127. The molecule has 0 atom stereocenters. The lowest BCUT2D eigenvalue weighted by Crippen LogP contribution is -3.00. The fourth-order valence-corrected chi connectivity index (χ4v) is 3.70. The summed E-state index contributed by atoms with van der Waals surface area (Å²) in [4.78, 5) is 3.28. The van der Waals surface area contributed by atoms with Crippen molar-refractivity contribution in [3.05, 3.63) is 41.7 Å². The summed E-state index contributed by atoms with van der Waals surface area (Å²) in [5, 5.41) is 13.5. The monoisotopic (exact) mass is 502 g/mol. The minimum absolute atomic E-state index is 0. The van der Waals surface area contributed by atoms with E-state index in [9.17, 15) is 18.3 Å². The van der Waals surface area contributed by atoms with Crippen LogP contribution < -0.4 is 33.3 Å². The van der Waals surface area contributed by atoms with Gasteiger partial charge in [-0.3, -0.25) is 0 Å². The number of halogens is 4. The maximum absolute atomic E-state index is 12.7. The van der Waals surface area contributed by atoms with Crippen LogP contribution in [-0.4, -0.2) is 22.9 Å². The van der Waals surface area contributed by atoms with Crippen molar-refractivity contribution in [3.63, 3.8) is 0 Å². The number of aromatic nitrogens is 2. The van der Waals surface area contributed by atoms with Gasteiger partial charge in [-0.1, -0.05) is 0 Å². The van der Waals surface area contributed by atoms with Gasteiger partial charge in [-0.05, 0) is 42.5 Å². The molecule has 0 spiro atoms. The molecule has 0 aliphatic heterocycles. The Morgan fingerprint density at radius 3 is 2.46 bits per heavy atom. The third kappa shape index (κ3) is 3.23. The van der Waals surface area contributed by atoms with Crippen LogP contribution >= 0.6 is 0 Å². The first-order valence-electron chi connectivity index (χ1n) is 8.42. The molecule has 2 heterocycles. The lowest BCUT2D eigenvalue weighted by Gasteiger charge is -2.13. The van der Waals surface area contributed by atoms with Crippen molar-refractivity contribution in [2.45, 2.75) is 20.0 Å². The zero-order chi connectivity index (χ0) is 19.5. The lowest BCUT2D eigenvalue weighted by atomic mass is 9.96. The van der Waals surface area contributed by atoms with E-state index in [2.05, 4.69) is 4.98 Å². The molecule has 2 aromatic heterocycles. The third-order valence-electron chi connectivity index (χ3n) is 4.93. The van der Waals surface area contributed by atoms with E-state index < -0.39 is 12.8 Å². The number of aromatic hydroxyl groups is 1. The second-order valence-corrected chi connectivity index (χ2v) is 6.80. The number of rotatable bonds is 2. The van der Waals surface area contributed by atoms with Gasteiger partial charge in [0.05, 0.1) is 16.4 Å². The summed E-state index contributed by atoms with van der Waals surface area (Å²) in [6.07, 6.45) is -0.561. The number of benzene rings is 2. The van der Waals surface area contributed by atoms with Crippen molar-refractivity contribution in [2.75, 3.05) is 6.61 Å². The van der Waals surface area contributed by atoms with Crippen molar-refractivity contribution >= 4 is 32.6 Å². The lowest BCUT2D eigenvalue weighted by molar-refractivity contribution is -0.670. The van der Waals surface area contributed by atoms with E-state index in [0.717, 1.165) is 32.8 Å². The highest BCUT2D eigenvalue weighted by molar-refractivity contribution is 6.18. The highest BCUT2D eigenvalue weighted by Gasteiger charge is 2.30. The van der Waals surface area contributed by atoms with Crippen LogP contribution in [0.2, 0.25) is 0 Å². The predicted octanol–water partition coefficient (Wildman–Crippen LogP) is 1.57. The molecule has 0 aliphatic carbocycles. The van der Waals surface area contributed by atoms with Gasteiger partial charge >= 0.3 is 6.18 Å². The summed E-state index contributed by atoms with van der Waals surface area (Å²) in [7, 11) is 1.91. The third-order valence-corrected chi connectivity index (χ3v) is 4.93. The summed E-state index contributed by atoms with van der Waals surface area (Å²) < 4.78 is 45.0. The molecule has 4 rings (SSSR count). The molecule has 28 heavy (non-hydrogen) atoms. The Bertz CT molecular complexity index is 1220. The summed E-state index contributed by atoms with van der Waals surface area (Å²) >= 11 is 0. The second kappa shape index (κ2) is 6.98. The Kier molecular flexibility index (Phi) is 5.11. The van der Waals surface area contributed by atoms with Gasteiger partial charge in [0.15, 0.2) is 30.5 Å². The number of aromatic amines is 1. The summed E-state index contributed by atoms with van der Waals surface area (Å²) in [5.41, 5.74) is 3.34. The summed E-state index contributed by atoms with van der Waals surface area (Å²) in [5.74, 6) is -0.471. The number of nitrogens with one attached hydrogen (secondary N) is 1. The fraction of sp³-hybridized carbons (Fsp3) is 0.250. The maximum Gasteiger partial charge on any atom is 0.422 e. The van der Waals surface area contributed by atoms with Gasteiger partial charge in [0.1, 0.15) is 7.05 Å². The van der Waals surface area contributed by atoms with E-state index in [1.54, 1.807) is 6.07 Å². The largest absolute Gasteiger partial charge is 1.00 e. The molecular formula is C20H18F3IN2O2.